The summed E-state index contributed by atoms with van der Waals surface area (Å²) in [7, 11) is 1.64. The number of nitrogens with zero attached hydrogens (tertiary/aromatic N) is 1. The van der Waals surface area contributed by atoms with Crippen molar-refractivity contribution in [2.24, 2.45) is 0 Å². The number of non-ortho nitro benzene ring substituents is 1. The van der Waals surface area contributed by atoms with Gasteiger partial charge in [0.2, 0.25) is 0 Å². The molecule has 0 saturated heterocycles. The van der Waals surface area contributed by atoms with Crippen LogP contribution in [0.5, 0.6) is 5.75 Å². The highest BCUT2D eigenvalue weighted by atomic mass is 16.6. The highest BCUT2D eigenvalue weighted by Gasteiger charge is 2.09. The van der Waals surface area contributed by atoms with Crippen LogP contribution < -0.4 is 10.1 Å². The van der Waals surface area contributed by atoms with E-state index < -0.39 is 4.92 Å². The van der Waals surface area contributed by atoms with Gasteiger partial charge in [-0.15, -0.1) is 0 Å². The molecular formula is C18H16N2O3. The Morgan fingerprint density at radius 2 is 1.91 bits per heavy atom. The number of nitro groups is 1. The molecule has 5 nitrogen and oxygen atoms in total. The van der Waals surface area contributed by atoms with E-state index in [0.29, 0.717) is 12.2 Å². The smallest absolute Gasteiger partial charge is 0.271 e. The number of methoxy groups -OCH3 is 1. The first-order chi connectivity index (χ1) is 11.2. The van der Waals surface area contributed by atoms with E-state index in [1.165, 1.54) is 12.1 Å². The van der Waals surface area contributed by atoms with Crippen LogP contribution in [-0.4, -0.2) is 12.0 Å². The van der Waals surface area contributed by atoms with E-state index >= 15 is 0 Å². The molecule has 3 aromatic carbocycles. The molecule has 0 aliphatic heterocycles. The second-order valence-electron chi connectivity index (χ2n) is 5.13. The highest BCUT2D eigenvalue weighted by molar-refractivity contribution is 5.88. The number of fused-ring (bicyclic) bond motifs is 1. The summed E-state index contributed by atoms with van der Waals surface area (Å²) in [5.74, 6) is 0.793. The molecule has 0 unspecified atom stereocenters. The lowest BCUT2D eigenvalue weighted by Gasteiger charge is -2.13. The van der Waals surface area contributed by atoms with E-state index in [1.807, 2.05) is 42.5 Å². The fourth-order valence-electron chi connectivity index (χ4n) is 2.61. The maximum atomic E-state index is 10.9. The minimum atomic E-state index is -0.399. The summed E-state index contributed by atoms with van der Waals surface area (Å²) >= 11 is 0. The first kappa shape index (κ1) is 14.8. The number of nitro benzene ring substituents is 1. The minimum Gasteiger partial charge on any atom is -0.496 e. The number of benzene rings is 3. The Balaban J connectivity index is 1.92. The van der Waals surface area contributed by atoms with Crippen molar-refractivity contribution in [3.63, 3.8) is 0 Å². The van der Waals surface area contributed by atoms with Crippen molar-refractivity contribution in [1.29, 1.82) is 0 Å². The highest BCUT2D eigenvalue weighted by Crippen LogP contribution is 2.29. The summed E-state index contributed by atoms with van der Waals surface area (Å²) in [4.78, 5) is 10.5. The van der Waals surface area contributed by atoms with Crippen molar-refractivity contribution in [3.05, 3.63) is 76.3 Å². The van der Waals surface area contributed by atoms with Crippen LogP contribution in [0.2, 0.25) is 0 Å². The number of anilines is 1. The molecule has 0 spiro atoms. The van der Waals surface area contributed by atoms with Gasteiger partial charge in [0.05, 0.1) is 12.0 Å². The lowest BCUT2D eigenvalue weighted by Crippen LogP contribution is -2.03. The van der Waals surface area contributed by atoms with Crippen LogP contribution in [0.25, 0.3) is 10.8 Å². The van der Waals surface area contributed by atoms with Crippen LogP contribution in [-0.2, 0) is 6.54 Å². The zero-order chi connectivity index (χ0) is 16.2. The standard InChI is InChI=1S/C18H16N2O3/c1-23-18-10-9-13-5-2-3-8-16(13)17(18)12-19-14-6-4-7-15(11-14)20(21)22/h2-11,19H,12H2,1H3. The number of nitrogens with one attached hydrogen (secondary N) is 1. The van der Waals surface area contributed by atoms with E-state index in [2.05, 4.69) is 5.32 Å². The Morgan fingerprint density at radius 1 is 1.09 bits per heavy atom. The van der Waals surface area contributed by atoms with Gasteiger partial charge in [0, 0.05) is 29.9 Å². The second kappa shape index (κ2) is 6.36. The van der Waals surface area contributed by atoms with Crippen LogP contribution in [0.15, 0.2) is 60.7 Å². The van der Waals surface area contributed by atoms with Gasteiger partial charge in [-0.05, 0) is 22.9 Å². The first-order valence-corrected chi connectivity index (χ1v) is 7.22. The average molecular weight is 308 g/mol. The molecule has 1 N–H and O–H groups in total. The molecule has 0 heterocycles. The van der Waals surface area contributed by atoms with E-state index in [-0.39, 0.29) is 5.69 Å². The summed E-state index contributed by atoms with van der Waals surface area (Å²) in [5, 5.41) is 16.3. The summed E-state index contributed by atoms with van der Waals surface area (Å²) in [5.41, 5.74) is 1.80. The third-order valence-electron chi connectivity index (χ3n) is 3.74. The van der Waals surface area contributed by atoms with Gasteiger partial charge in [-0.2, -0.15) is 0 Å². The molecular weight excluding hydrogens is 292 g/mol. The molecule has 0 saturated carbocycles. The number of ether oxygens (including phenoxy) is 1. The molecule has 23 heavy (non-hydrogen) atoms. The van der Waals surface area contributed by atoms with Crippen LogP contribution in [0.4, 0.5) is 11.4 Å². The maximum absolute atomic E-state index is 10.9. The minimum absolute atomic E-state index is 0.0693. The molecule has 0 aliphatic rings. The predicted molar refractivity (Wildman–Crippen MR) is 90.9 cm³/mol. The van der Waals surface area contributed by atoms with Crippen molar-refractivity contribution in [2.45, 2.75) is 6.54 Å². The fraction of sp³-hybridized carbons (Fsp3) is 0.111. The Kier molecular flexibility index (Phi) is 4.10. The maximum Gasteiger partial charge on any atom is 0.271 e. The Bertz CT molecular complexity index is 862. The average Bonchev–Trinajstić information content (AvgIpc) is 2.59. The third-order valence-corrected chi connectivity index (χ3v) is 3.74. The summed E-state index contributed by atoms with van der Waals surface area (Å²) in [6, 6.07) is 18.5. The largest absolute Gasteiger partial charge is 0.496 e. The topological polar surface area (TPSA) is 64.4 Å². The number of rotatable bonds is 5. The van der Waals surface area contributed by atoms with Gasteiger partial charge in [-0.25, -0.2) is 0 Å². The molecule has 0 amide bonds. The van der Waals surface area contributed by atoms with Crippen molar-refractivity contribution < 1.29 is 9.66 Å². The van der Waals surface area contributed by atoms with E-state index in [9.17, 15) is 10.1 Å². The quantitative estimate of drug-likeness (QED) is 0.561. The molecule has 3 rings (SSSR count). The van der Waals surface area contributed by atoms with Gasteiger partial charge in [-0.1, -0.05) is 36.4 Å². The van der Waals surface area contributed by atoms with E-state index in [4.69, 9.17) is 4.74 Å². The number of hydrogen-bond donors (Lipinski definition) is 1. The molecule has 3 aromatic rings. The van der Waals surface area contributed by atoms with Crippen LogP contribution in [0.1, 0.15) is 5.56 Å². The SMILES string of the molecule is COc1ccc2ccccc2c1CNc1cccc([N+](=O)[O-])c1. The molecule has 0 radical (unpaired) electrons. The van der Waals surface area contributed by atoms with Crippen molar-refractivity contribution in [1.82, 2.24) is 0 Å². The van der Waals surface area contributed by atoms with Gasteiger partial charge in [0.25, 0.3) is 5.69 Å². The summed E-state index contributed by atoms with van der Waals surface area (Å²) < 4.78 is 5.46. The van der Waals surface area contributed by atoms with Gasteiger partial charge >= 0.3 is 0 Å². The zero-order valence-electron chi connectivity index (χ0n) is 12.7. The fourth-order valence-corrected chi connectivity index (χ4v) is 2.61. The van der Waals surface area contributed by atoms with Crippen molar-refractivity contribution >= 4 is 22.1 Å². The van der Waals surface area contributed by atoms with Crippen molar-refractivity contribution in [3.8, 4) is 5.75 Å². The lowest BCUT2D eigenvalue weighted by molar-refractivity contribution is -0.384. The van der Waals surface area contributed by atoms with Crippen LogP contribution in [0, 0.1) is 10.1 Å². The zero-order valence-corrected chi connectivity index (χ0v) is 12.7. The summed E-state index contributed by atoms with van der Waals surface area (Å²) in [6.07, 6.45) is 0. The molecule has 0 aromatic heterocycles. The Morgan fingerprint density at radius 3 is 2.70 bits per heavy atom. The molecule has 0 atom stereocenters. The van der Waals surface area contributed by atoms with Crippen LogP contribution >= 0.6 is 0 Å². The van der Waals surface area contributed by atoms with Crippen molar-refractivity contribution in [2.75, 3.05) is 12.4 Å². The molecule has 0 bridgehead atoms. The monoisotopic (exact) mass is 308 g/mol. The predicted octanol–water partition coefficient (Wildman–Crippen LogP) is 4.37. The molecule has 5 heteroatoms. The van der Waals surface area contributed by atoms with Gasteiger partial charge in [0.1, 0.15) is 5.75 Å². The number of hydrogen-bond acceptors (Lipinski definition) is 4. The first-order valence-electron chi connectivity index (χ1n) is 7.22. The molecule has 116 valence electrons. The van der Waals surface area contributed by atoms with Gasteiger partial charge in [0.15, 0.2) is 0 Å². The Labute approximate surface area is 133 Å². The van der Waals surface area contributed by atoms with E-state index in [1.54, 1.807) is 13.2 Å². The summed E-state index contributed by atoms with van der Waals surface area (Å²) in [6.45, 7) is 0.520. The molecule has 0 fully saturated rings. The molecule has 0 aliphatic carbocycles. The van der Waals surface area contributed by atoms with Gasteiger partial charge in [-0.3, -0.25) is 10.1 Å². The Hall–Kier alpha value is -3.08. The van der Waals surface area contributed by atoms with Gasteiger partial charge < -0.3 is 10.1 Å². The van der Waals surface area contributed by atoms with Crippen LogP contribution in [0.3, 0.4) is 0 Å². The normalized spacial score (nSPS) is 10.5. The third kappa shape index (κ3) is 3.08. The lowest BCUT2D eigenvalue weighted by atomic mass is 10.0. The second-order valence-corrected chi connectivity index (χ2v) is 5.13. The van der Waals surface area contributed by atoms with E-state index in [0.717, 1.165) is 22.1 Å².